The van der Waals surface area contributed by atoms with Crippen LogP contribution < -0.4 is 10.6 Å². The molecule has 0 radical (unpaired) electrons. The van der Waals surface area contributed by atoms with Gasteiger partial charge in [-0.2, -0.15) is 0 Å². The Bertz CT molecular complexity index is 292. The second-order valence-corrected chi connectivity index (χ2v) is 5.12. The number of hydrogen-bond acceptors (Lipinski definition) is 3. The molecule has 0 aliphatic heterocycles. The Morgan fingerprint density at radius 3 is 2.33 bits per heavy atom. The molecule has 18 heavy (non-hydrogen) atoms. The molecule has 6 nitrogen and oxygen atoms in total. The maximum atomic E-state index is 11.7. The Morgan fingerprint density at radius 2 is 1.94 bits per heavy atom. The number of rotatable bonds is 7. The number of hydrogen-bond donors (Lipinski definition) is 3. The summed E-state index contributed by atoms with van der Waals surface area (Å²) in [6.07, 6.45) is 0.679. The summed E-state index contributed by atoms with van der Waals surface area (Å²) in [4.78, 5) is 22.8. The zero-order chi connectivity index (χ0) is 14.3. The third kappa shape index (κ3) is 5.86. The van der Waals surface area contributed by atoms with E-state index in [1.165, 1.54) is 0 Å². The summed E-state index contributed by atoms with van der Waals surface area (Å²) in [7, 11) is 1.54. The smallest absolute Gasteiger partial charge is 0.326 e. The largest absolute Gasteiger partial charge is 0.480 e. The highest BCUT2D eigenvalue weighted by Gasteiger charge is 2.27. The van der Waals surface area contributed by atoms with Crippen molar-refractivity contribution in [2.24, 2.45) is 5.92 Å². The van der Waals surface area contributed by atoms with Crippen LogP contribution in [-0.2, 0) is 9.53 Å². The summed E-state index contributed by atoms with van der Waals surface area (Å²) in [5.74, 6) is -1.15. The number of nitrogens with one attached hydrogen (secondary N) is 2. The van der Waals surface area contributed by atoms with E-state index < -0.39 is 23.6 Å². The first-order chi connectivity index (χ1) is 8.23. The highest BCUT2D eigenvalue weighted by Crippen LogP contribution is 2.08. The van der Waals surface area contributed by atoms with Crippen LogP contribution in [0.2, 0.25) is 0 Å². The Kier molecular flexibility index (Phi) is 6.68. The molecule has 0 fully saturated rings. The summed E-state index contributed by atoms with van der Waals surface area (Å²) in [6, 6.07) is -1.38. The third-order valence-corrected chi connectivity index (χ3v) is 2.72. The summed E-state index contributed by atoms with van der Waals surface area (Å²) in [5, 5.41) is 14.2. The van der Waals surface area contributed by atoms with Crippen LogP contribution in [0.3, 0.4) is 0 Å². The molecule has 0 aromatic rings. The number of amides is 2. The summed E-state index contributed by atoms with van der Waals surface area (Å²) in [6.45, 7) is 7.63. The molecule has 0 aromatic heterocycles. The second kappa shape index (κ2) is 7.20. The fourth-order valence-corrected chi connectivity index (χ4v) is 1.56. The van der Waals surface area contributed by atoms with Crippen molar-refractivity contribution in [1.82, 2.24) is 10.6 Å². The number of urea groups is 1. The Morgan fingerprint density at radius 1 is 1.39 bits per heavy atom. The normalized spacial score (nSPS) is 14.7. The number of ether oxygens (including phenoxy) is 1. The van der Waals surface area contributed by atoms with Crippen molar-refractivity contribution in [2.45, 2.75) is 45.7 Å². The molecule has 0 rings (SSSR count). The van der Waals surface area contributed by atoms with E-state index in [4.69, 9.17) is 9.84 Å². The molecular weight excluding hydrogens is 236 g/mol. The van der Waals surface area contributed by atoms with Gasteiger partial charge in [0.2, 0.25) is 0 Å². The van der Waals surface area contributed by atoms with Gasteiger partial charge in [-0.15, -0.1) is 0 Å². The summed E-state index contributed by atoms with van der Waals surface area (Å²) in [5.41, 5.74) is -0.544. The number of carboxylic acid groups (broad SMARTS) is 1. The van der Waals surface area contributed by atoms with Gasteiger partial charge in [-0.05, 0) is 19.8 Å². The van der Waals surface area contributed by atoms with Crippen molar-refractivity contribution in [2.75, 3.05) is 13.7 Å². The number of carboxylic acids is 1. The van der Waals surface area contributed by atoms with Gasteiger partial charge in [0.1, 0.15) is 6.04 Å². The van der Waals surface area contributed by atoms with E-state index >= 15 is 0 Å². The molecule has 0 aliphatic carbocycles. The van der Waals surface area contributed by atoms with E-state index in [0.29, 0.717) is 13.0 Å². The van der Waals surface area contributed by atoms with Gasteiger partial charge in [0.15, 0.2) is 0 Å². The lowest BCUT2D eigenvalue weighted by Gasteiger charge is -2.27. The maximum absolute atomic E-state index is 11.7. The van der Waals surface area contributed by atoms with Gasteiger partial charge < -0.3 is 20.5 Å². The fraction of sp³-hybridized carbons (Fsp3) is 0.833. The lowest BCUT2D eigenvalue weighted by molar-refractivity contribution is -0.140. The predicted octanol–water partition coefficient (Wildman–Crippen LogP) is 1.21. The molecule has 2 amide bonds. The van der Waals surface area contributed by atoms with Crippen LogP contribution in [0.15, 0.2) is 0 Å². The highest BCUT2D eigenvalue weighted by molar-refractivity contribution is 5.83. The maximum Gasteiger partial charge on any atom is 0.326 e. The minimum absolute atomic E-state index is 0.126. The average Bonchev–Trinajstić information content (AvgIpc) is 2.23. The number of carbonyl (C=O) groups is 2. The van der Waals surface area contributed by atoms with Crippen LogP contribution in [0, 0.1) is 5.92 Å². The van der Waals surface area contributed by atoms with Gasteiger partial charge >= 0.3 is 12.0 Å². The van der Waals surface area contributed by atoms with Crippen molar-refractivity contribution in [3.05, 3.63) is 0 Å². The number of carbonyl (C=O) groups excluding carboxylic acids is 1. The molecule has 0 aliphatic rings. The van der Waals surface area contributed by atoms with Crippen LogP contribution >= 0.6 is 0 Å². The second-order valence-electron chi connectivity index (χ2n) is 5.12. The zero-order valence-corrected chi connectivity index (χ0v) is 11.7. The van der Waals surface area contributed by atoms with Crippen LogP contribution in [0.4, 0.5) is 4.79 Å². The molecule has 6 heteroatoms. The van der Waals surface area contributed by atoms with Crippen LogP contribution in [0.1, 0.15) is 34.1 Å². The van der Waals surface area contributed by atoms with Crippen molar-refractivity contribution >= 4 is 12.0 Å². The molecule has 0 spiro atoms. The van der Waals surface area contributed by atoms with E-state index in [1.807, 2.05) is 6.92 Å². The monoisotopic (exact) mass is 260 g/mol. The molecule has 3 N–H and O–H groups in total. The first kappa shape index (κ1) is 16.7. The lowest BCUT2D eigenvalue weighted by atomic mass is 9.99. The fourth-order valence-electron chi connectivity index (χ4n) is 1.56. The first-order valence-corrected chi connectivity index (χ1v) is 6.04. The molecule has 2 atom stereocenters. The van der Waals surface area contributed by atoms with Crippen LogP contribution in [-0.4, -0.2) is 42.4 Å². The number of methoxy groups -OCH3 is 1. The van der Waals surface area contributed by atoms with Crippen molar-refractivity contribution in [1.29, 1.82) is 0 Å². The molecule has 1 unspecified atom stereocenters. The third-order valence-electron chi connectivity index (χ3n) is 2.72. The molecule has 106 valence electrons. The van der Waals surface area contributed by atoms with Crippen molar-refractivity contribution in [3.8, 4) is 0 Å². The summed E-state index contributed by atoms with van der Waals surface area (Å²) >= 11 is 0. The highest BCUT2D eigenvalue weighted by atomic mass is 16.5. The quantitative estimate of drug-likeness (QED) is 0.642. The lowest BCUT2D eigenvalue weighted by Crippen LogP contribution is -2.55. The number of aliphatic carboxylic acids is 1. The van der Waals surface area contributed by atoms with Crippen LogP contribution in [0.5, 0.6) is 0 Å². The summed E-state index contributed by atoms with van der Waals surface area (Å²) < 4.78 is 4.97. The Balaban J connectivity index is 4.48. The van der Waals surface area contributed by atoms with E-state index in [9.17, 15) is 9.59 Å². The van der Waals surface area contributed by atoms with Crippen molar-refractivity contribution < 1.29 is 19.4 Å². The van der Waals surface area contributed by atoms with Gasteiger partial charge in [0.05, 0.1) is 12.1 Å². The molecule has 0 saturated carbocycles. The standard InChI is InChI=1S/C12H24N2O4/c1-6-8(2)9(10(15)16)13-11(17)14-12(3,4)7-18-5/h8-9H,6-7H2,1-5H3,(H,15,16)(H2,13,14,17)/t8?,9-/m0/s1. The minimum Gasteiger partial charge on any atom is -0.480 e. The zero-order valence-electron chi connectivity index (χ0n) is 11.7. The van der Waals surface area contributed by atoms with E-state index in [-0.39, 0.29) is 5.92 Å². The van der Waals surface area contributed by atoms with Crippen molar-refractivity contribution in [3.63, 3.8) is 0 Å². The SMILES string of the molecule is CCC(C)[C@H](NC(=O)NC(C)(C)COC)C(=O)O. The van der Waals surface area contributed by atoms with Gasteiger partial charge in [0, 0.05) is 7.11 Å². The van der Waals surface area contributed by atoms with E-state index in [1.54, 1.807) is 27.9 Å². The van der Waals surface area contributed by atoms with E-state index in [0.717, 1.165) is 0 Å². The first-order valence-electron chi connectivity index (χ1n) is 6.04. The average molecular weight is 260 g/mol. The molecular formula is C12H24N2O4. The topological polar surface area (TPSA) is 87.7 Å². The molecule has 0 bridgehead atoms. The van der Waals surface area contributed by atoms with Crippen LogP contribution in [0.25, 0.3) is 0 Å². The Labute approximate surface area is 108 Å². The minimum atomic E-state index is -1.02. The predicted molar refractivity (Wildman–Crippen MR) is 68.5 cm³/mol. The van der Waals surface area contributed by atoms with Gasteiger partial charge in [-0.25, -0.2) is 9.59 Å². The molecule has 0 heterocycles. The molecule has 0 aromatic carbocycles. The van der Waals surface area contributed by atoms with Gasteiger partial charge in [-0.1, -0.05) is 20.3 Å². The van der Waals surface area contributed by atoms with E-state index in [2.05, 4.69) is 10.6 Å². The Hall–Kier alpha value is -1.30. The molecule has 0 saturated heterocycles. The van der Waals surface area contributed by atoms with Gasteiger partial charge in [0.25, 0.3) is 0 Å². The van der Waals surface area contributed by atoms with Gasteiger partial charge in [-0.3, -0.25) is 0 Å².